The molecule has 0 atom stereocenters. The maximum atomic E-state index is 11.9. The zero-order valence-corrected chi connectivity index (χ0v) is 17.1. The molecule has 0 unspecified atom stereocenters. The minimum absolute atomic E-state index is 0.0651. The summed E-state index contributed by atoms with van der Waals surface area (Å²) in [6, 6.07) is 3.45. The molecule has 0 aliphatic carbocycles. The highest BCUT2D eigenvalue weighted by molar-refractivity contribution is 9.10. The van der Waals surface area contributed by atoms with Gasteiger partial charge in [0.05, 0.1) is 18.3 Å². The molecule has 26 heavy (non-hydrogen) atoms. The second-order valence-corrected chi connectivity index (χ2v) is 7.39. The van der Waals surface area contributed by atoms with Crippen molar-refractivity contribution in [3.05, 3.63) is 22.2 Å². The van der Waals surface area contributed by atoms with Crippen molar-refractivity contribution in [2.24, 2.45) is 0 Å². The van der Waals surface area contributed by atoms with Crippen LogP contribution in [0.5, 0.6) is 11.5 Å². The van der Waals surface area contributed by atoms with Gasteiger partial charge in [-0.05, 0) is 47.1 Å². The highest BCUT2D eigenvalue weighted by Gasteiger charge is 2.14. The van der Waals surface area contributed by atoms with E-state index in [2.05, 4.69) is 43.4 Å². The SMILES string of the molecule is COc1cc(Br)c(O)cc1CCNCNC(=O)CCN1CCN(C)CC1. The lowest BCUT2D eigenvalue weighted by Gasteiger charge is -2.32. The van der Waals surface area contributed by atoms with Crippen LogP contribution in [0, 0.1) is 0 Å². The summed E-state index contributed by atoms with van der Waals surface area (Å²) >= 11 is 3.28. The van der Waals surface area contributed by atoms with E-state index in [0.29, 0.717) is 30.5 Å². The predicted octanol–water partition coefficient (Wildman–Crippen LogP) is 1.01. The van der Waals surface area contributed by atoms with Crippen molar-refractivity contribution >= 4 is 21.8 Å². The summed E-state index contributed by atoms with van der Waals surface area (Å²) in [5.41, 5.74) is 0.919. The van der Waals surface area contributed by atoms with Gasteiger partial charge in [-0.2, -0.15) is 0 Å². The predicted molar refractivity (Wildman–Crippen MR) is 106 cm³/mol. The molecule has 7 nitrogen and oxygen atoms in total. The number of rotatable bonds is 9. The molecular formula is C18H29BrN4O3. The first-order valence-electron chi connectivity index (χ1n) is 8.93. The Kier molecular flexibility index (Phi) is 8.64. The lowest BCUT2D eigenvalue weighted by Crippen LogP contribution is -2.45. The van der Waals surface area contributed by atoms with Gasteiger partial charge in [-0.1, -0.05) is 0 Å². The first kappa shape index (κ1) is 21.0. The molecule has 1 aromatic rings. The molecule has 1 amide bonds. The van der Waals surface area contributed by atoms with Gasteiger partial charge in [0.25, 0.3) is 0 Å². The van der Waals surface area contributed by atoms with Crippen molar-refractivity contribution in [2.75, 3.05) is 60.1 Å². The second kappa shape index (κ2) is 10.7. The summed E-state index contributed by atoms with van der Waals surface area (Å²) < 4.78 is 5.94. The largest absolute Gasteiger partial charge is 0.507 e. The molecule has 0 radical (unpaired) electrons. The lowest BCUT2D eigenvalue weighted by molar-refractivity contribution is -0.121. The second-order valence-electron chi connectivity index (χ2n) is 6.54. The number of halogens is 1. The Morgan fingerprint density at radius 3 is 2.73 bits per heavy atom. The molecular weight excluding hydrogens is 400 g/mol. The summed E-state index contributed by atoms with van der Waals surface area (Å²) in [7, 11) is 3.73. The number of phenolic OH excluding ortho intramolecular Hbond substituents is 1. The number of nitrogens with zero attached hydrogens (tertiary/aromatic N) is 2. The Labute approximate surface area is 163 Å². The number of amides is 1. The van der Waals surface area contributed by atoms with E-state index in [0.717, 1.165) is 44.0 Å². The van der Waals surface area contributed by atoms with Crippen molar-refractivity contribution < 1.29 is 14.6 Å². The fourth-order valence-electron chi connectivity index (χ4n) is 2.86. The van der Waals surface area contributed by atoms with Gasteiger partial charge < -0.3 is 25.0 Å². The van der Waals surface area contributed by atoms with Crippen LogP contribution >= 0.6 is 15.9 Å². The first-order valence-corrected chi connectivity index (χ1v) is 9.72. The molecule has 2 rings (SSSR count). The Morgan fingerprint density at radius 1 is 1.31 bits per heavy atom. The molecule has 0 saturated carbocycles. The van der Waals surface area contributed by atoms with E-state index in [1.165, 1.54) is 0 Å². The number of carbonyl (C=O) groups is 1. The number of hydrogen-bond acceptors (Lipinski definition) is 6. The fourth-order valence-corrected chi connectivity index (χ4v) is 3.19. The maximum absolute atomic E-state index is 11.9. The summed E-state index contributed by atoms with van der Waals surface area (Å²) in [5.74, 6) is 0.987. The summed E-state index contributed by atoms with van der Waals surface area (Å²) in [5, 5.41) is 15.9. The minimum Gasteiger partial charge on any atom is -0.507 e. The third-order valence-electron chi connectivity index (χ3n) is 4.58. The van der Waals surface area contributed by atoms with Gasteiger partial charge in [-0.15, -0.1) is 0 Å². The maximum Gasteiger partial charge on any atom is 0.222 e. The van der Waals surface area contributed by atoms with Crippen LogP contribution in [0.1, 0.15) is 12.0 Å². The number of hydrogen-bond donors (Lipinski definition) is 3. The van der Waals surface area contributed by atoms with Gasteiger partial charge in [0.15, 0.2) is 0 Å². The Hall–Kier alpha value is -1.35. The molecule has 146 valence electrons. The van der Waals surface area contributed by atoms with E-state index in [1.807, 2.05) is 0 Å². The van der Waals surface area contributed by atoms with Gasteiger partial charge in [0, 0.05) is 45.7 Å². The van der Waals surface area contributed by atoms with Gasteiger partial charge in [-0.25, -0.2) is 0 Å². The summed E-state index contributed by atoms with van der Waals surface area (Å²) in [6.45, 7) is 6.13. The van der Waals surface area contributed by atoms with Gasteiger partial charge in [0.1, 0.15) is 11.5 Å². The van der Waals surface area contributed by atoms with E-state index < -0.39 is 0 Å². The monoisotopic (exact) mass is 428 g/mol. The van der Waals surface area contributed by atoms with Crippen LogP contribution < -0.4 is 15.4 Å². The lowest BCUT2D eigenvalue weighted by atomic mass is 10.1. The molecule has 1 heterocycles. The fraction of sp³-hybridized carbons (Fsp3) is 0.611. The van der Waals surface area contributed by atoms with E-state index in [1.54, 1.807) is 19.2 Å². The zero-order valence-electron chi connectivity index (χ0n) is 15.6. The molecule has 1 saturated heterocycles. The van der Waals surface area contributed by atoms with E-state index in [-0.39, 0.29) is 11.7 Å². The highest BCUT2D eigenvalue weighted by atomic mass is 79.9. The number of ether oxygens (including phenoxy) is 1. The minimum atomic E-state index is 0.0651. The van der Waals surface area contributed by atoms with E-state index in [4.69, 9.17) is 4.74 Å². The Morgan fingerprint density at radius 2 is 2.04 bits per heavy atom. The highest BCUT2D eigenvalue weighted by Crippen LogP contribution is 2.31. The molecule has 1 aliphatic rings. The number of benzene rings is 1. The quantitative estimate of drug-likeness (QED) is 0.402. The number of likely N-dealkylation sites (N-methyl/N-ethyl adjacent to an activating group) is 1. The molecule has 1 aliphatic heterocycles. The third-order valence-corrected chi connectivity index (χ3v) is 5.22. The summed E-state index contributed by atoms with van der Waals surface area (Å²) in [6.07, 6.45) is 1.22. The standard InChI is InChI=1S/C18H29BrN4O3/c1-22-7-9-23(10-8-22)6-4-18(25)21-13-20-5-3-14-11-16(24)15(19)12-17(14)26-2/h11-12,20,24H,3-10,13H2,1-2H3,(H,21,25). The molecule has 1 aromatic carbocycles. The topological polar surface area (TPSA) is 77.1 Å². The first-order chi connectivity index (χ1) is 12.5. The zero-order chi connectivity index (χ0) is 18.9. The van der Waals surface area contributed by atoms with Crippen LogP contribution in [0.15, 0.2) is 16.6 Å². The molecule has 1 fully saturated rings. The van der Waals surface area contributed by atoms with Crippen molar-refractivity contribution in [1.29, 1.82) is 0 Å². The third kappa shape index (κ3) is 6.75. The smallest absolute Gasteiger partial charge is 0.222 e. The average Bonchev–Trinajstić information content (AvgIpc) is 2.63. The Balaban J connectivity index is 1.60. The summed E-state index contributed by atoms with van der Waals surface area (Å²) in [4.78, 5) is 16.6. The van der Waals surface area contributed by atoms with Gasteiger partial charge in [0.2, 0.25) is 5.91 Å². The van der Waals surface area contributed by atoms with Crippen LogP contribution in [0.4, 0.5) is 0 Å². The van der Waals surface area contributed by atoms with Crippen LogP contribution in [0.2, 0.25) is 0 Å². The van der Waals surface area contributed by atoms with Crippen LogP contribution in [-0.4, -0.2) is 80.9 Å². The van der Waals surface area contributed by atoms with E-state index in [9.17, 15) is 9.90 Å². The van der Waals surface area contributed by atoms with Gasteiger partial charge >= 0.3 is 0 Å². The van der Waals surface area contributed by atoms with Gasteiger partial charge in [-0.3, -0.25) is 10.1 Å². The van der Waals surface area contributed by atoms with Crippen LogP contribution in [0.25, 0.3) is 0 Å². The van der Waals surface area contributed by atoms with Crippen molar-refractivity contribution in [3.63, 3.8) is 0 Å². The number of carbonyl (C=O) groups excluding carboxylic acids is 1. The molecule has 0 spiro atoms. The number of methoxy groups -OCH3 is 1. The molecule has 0 bridgehead atoms. The number of phenols is 1. The van der Waals surface area contributed by atoms with E-state index >= 15 is 0 Å². The van der Waals surface area contributed by atoms with Crippen LogP contribution in [0.3, 0.4) is 0 Å². The normalized spacial score (nSPS) is 15.8. The Bertz CT molecular complexity index is 592. The van der Waals surface area contributed by atoms with Crippen LogP contribution in [-0.2, 0) is 11.2 Å². The van der Waals surface area contributed by atoms with Crippen molar-refractivity contribution in [1.82, 2.24) is 20.4 Å². The number of nitrogens with one attached hydrogen (secondary N) is 2. The molecule has 3 N–H and O–H groups in total. The molecule has 0 aromatic heterocycles. The number of aromatic hydroxyl groups is 1. The van der Waals surface area contributed by atoms with Crippen molar-refractivity contribution in [3.8, 4) is 11.5 Å². The molecule has 8 heteroatoms. The van der Waals surface area contributed by atoms with Crippen molar-refractivity contribution in [2.45, 2.75) is 12.8 Å². The number of piperazine rings is 1. The average molecular weight is 429 g/mol.